The molecule has 0 aliphatic heterocycles. The summed E-state index contributed by atoms with van der Waals surface area (Å²) in [6.45, 7) is 8.48. The first-order valence-electron chi connectivity index (χ1n) is 10.4. The third kappa shape index (κ3) is 7.75. The minimum Gasteiger partial charge on any atom is -0.484 e. The summed E-state index contributed by atoms with van der Waals surface area (Å²) in [5, 5.41) is 4.19. The molecule has 0 radical (unpaired) electrons. The van der Waals surface area contributed by atoms with E-state index in [1.807, 2.05) is 39.8 Å². The summed E-state index contributed by atoms with van der Waals surface area (Å²) in [7, 11) is 0. The number of carbonyl (C=O) groups excluding carboxylic acids is 2. The van der Waals surface area contributed by atoms with E-state index in [-0.39, 0.29) is 25.0 Å². The number of amides is 2. The van der Waals surface area contributed by atoms with Gasteiger partial charge in [-0.2, -0.15) is 0 Å². The van der Waals surface area contributed by atoms with Gasteiger partial charge in [-0.25, -0.2) is 0 Å². The van der Waals surface area contributed by atoms with Crippen LogP contribution in [0.1, 0.15) is 38.3 Å². The SMILES string of the molecule is CCC(C(=O)NCC(C)C)N(Cc1ccc(Cl)cc1)C(=O)COc1ccc(Cl)c(C)c1. The van der Waals surface area contributed by atoms with Crippen molar-refractivity contribution in [3.8, 4) is 5.75 Å². The maximum Gasteiger partial charge on any atom is 0.261 e. The van der Waals surface area contributed by atoms with E-state index in [4.69, 9.17) is 27.9 Å². The van der Waals surface area contributed by atoms with E-state index in [1.54, 1.807) is 35.2 Å². The van der Waals surface area contributed by atoms with Gasteiger partial charge >= 0.3 is 0 Å². The first-order valence-corrected chi connectivity index (χ1v) is 11.2. The molecular weight excluding hydrogens is 435 g/mol. The normalized spacial score (nSPS) is 11.8. The standard InChI is InChI=1S/C24H30Cl2N2O3/c1-5-22(24(30)27-13-16(2)3)28(14-18-6-8-19(25)9-7-18)23(29)15-31-20-10-11-21(26)17(4)12-20/h6-12,16,22H,5,13-15H2,1-4H3,(H,27,30). The van der Waals surface area contributed by atoms with Crippen LogP contribution in [0.4, 0.5) is 0 Å². The van der Waals surface area contributed by atoms with Crippen molar-refractivity contribution in [1.82, 2.24) is 10.2 Å². The summed E-state index contributed by atoms with van der Waals surface area (Å²) < 4.78 is 5.71. The van der Waals surface area contributed by atoms with Gasteiger partial charge < -0.3 is 15.0 Å². The summed E-state index contributed by atoms with van der Waals surface area (Å²) in [4.78, 5) is 27.6. The lowest BCUT2D eigenvalue weighted by Gasteiger charge is -2.31. The fourth-order valence-electron chi connectivity index (χ4n) is 3.06. The van der Waals surface area contributed by atoms with Gasteiger partial charge in [0, 0.05) is 23.1 Å². The number of hydrogen-bond donors (Lipinski definition) is 1. The predicted molar refractivity (Wildman–Crippen MR) is 126 cm³/mol. The molecule has 31 heavy (non-hydrogen) atoms. The topological polar surface area (TPSA) is 58.6 Å². The third-order valence-corrected chi connectivity index (χ3v) is 5.50. The number of hydrogen-bond acceptors (Lipinski definition) is 3. The van der Waals surface area contributed by atoms with E-state index in [9.17, 15) is 9.59 Å². The van der Waals surface area contributed by atoms with Gasteiger partial charge in [0.2, 0.25) is 5.91 Å². The number of nitrogens with zero attached hydrogens (tertiary/aromatic N) is 1. The fraction of sp³-hybridized carbons (Fsp3) is 0.417. The molecule has 0 bridgehead atoms. The number of nitrogens with one attached hydrogen (secondary N) is 1. The number of aryl methyl sites for hydroxylation is 1. The summed E-state index contributed by atoms with van der Waals surface area (Å²) in [6, 6.07) is 11.9. The van der Waals surface area contributed by atoms with E-state index in [0.29, 0.717) is 34.7 Å². The van der Waals surface area contributed by atoms with Crippen molar-refractivity contribution in [3.63, 3.8) is 0 Å². The zero-order valence-corrected chi connectivity index (χ0v) is 20.0. The average Bonchev–Trinajstić information content (AvgIpc) is 2.74. The summed E-state index contributed by atoms with van der Waals surface area (Å²) in [6.07, 6.45) is 0.489. The van der Waals surface area contributed by atoms with Crippen molar-refractivity contribution < 1.29 is 14.3 Å². The van der Waals surface area contributed by atoms with Gasteiger partial charge in [0.1, 0.15) is 11.8 Å². The summed E-state index contributed by atoms with van der Waals surface area (Å²) >= 11 is 12.0. The Balaban J connectivity index is 2.19. The molecule has 1 N–H and O–H groups in total. The smallest absolute Gasteiger partial charge is 0.261 e. The Morgan fingerprint density at radius 2 is 1.77 bits per heavy atom. The Labute approximate surface area is 194 Å². The van der Waals surface area contributed by atoms with Gasteiger partial charge in [0.05, 0.1) is 0 Å². The maximum absolute atomic E-state index is 13.2. The van der Waals surface area contributed by atoms with Crippen LogP contribution in [0.5, 0.6) is 5.75 Å². The maximum atomic E-state index is 13.2. The molecular formula is C24H30Cl2N2O3. The Morgan fingerprint density at radius 3 is 2.35 bits per heavy atom. The van der Waals surface area contributed by atoms with Gasteiger partial charge in [-0.1, -0.05) is 56.1 Å². The van der Waals surface area contributed by atoms with Crippen LogP contribution < -0.4 is 10.1 Å². The predicted octanol–water partition coefficient (Wildman–Crippen LogP) is 5.26. The van der Waals surface area contributed by atoms with Crippen molar-refractivity contribution in [2.24, 2.45) is 5.92 Å². The highest BCUT2D eigenvalue weighted by Crippen LogP contribution is 2.21. The molecule has 1 unspecified atom stereocenters. The summed E-state index contributed by atoms with van der Waals surface area (Å²) in [5.74, 6) is 0.437. The first-order chi connectivity index (χ1) is 14.7. The molecule has 0 saturated carbocycles. The van der Waals surface area contributed by atoms with Crippen molar-refractivity contribution in [2.45, 2.75) is 46.7 Å². The summed E-state index contributed by atoms with van der Waals surface area (Å²) in [5.41, 5.74) is 1.75. The monoisotopic (exact) mass is 464 g/mol. The minimum atomic E-state index is -0.600. The molecule has 0 heterocycles. The molecule has 5 nitrogen and oxygen atoms in total. The molecule has 7 heteroatoms. The van der Waals surface area contributed by atoms with Crippen LogP contribution >= 0.6 is 23.2 Å². The lowest BCUT2D eigenvalue weighted by Crippen LogP contribution is -2.50. The zero-order chi connectivity index (χ0) is 23.0. The second-order valence-corrected chi connectivity index (χ2v) is 8.75. The van der Waals surface area contributed by atoms with E-state index in [0.717, 1.165) is 11.1 Å². The van der Waals surface area contributed by atoms with Crippen molar-refractivity contribution in [2.75, 3.05) is 13.2 Å². The van der Waals surface area contributed by atoms with Gasteiger partial charge in [-0.15, -0.1) is 0 Å². The highest BCUT2D eigenvalue weighted by Gasteiger charge is 2.29. The van der Waals surface area contributed by atoms with E-state index < -0.39 is 6.04 Å². The van der Waals surface area contributed by atoms with Crippen molar-refractivity contribution in [3.05, 3.63) is 63.6 Å². The minimum absolute atomic E-state index is 0.166. The molecule has 0 aromatic heterocycles. The molecule has 0 fully saturated rings. The number of carbonyl (C=O) groups is 2. The lowest BCUT2D eigenvalue weighted by molar-refractivity contribution is -0.143. The van der Waals surface area contributed by atoms with Crippen molar-refractivity contribution in [1.29, 1.82) is 0 Å². The zero-order valence-electron chi connectivity index (χ0n) is 18.5. The van der Waals surface area contributed by atoms with Crippen LogP contribution in [-0.2, 0) is 16.1 Å². The fourth-order valence-corrected chi connectivity index (χ4v) is 3.31. The van der Waals surface area contributed by atoms with Gasteiger partial charge in [-0.3, -0.25) is 9.59 Å². The number of ether oxygens (including phenoxy) is 1. The quantitative estimate of drug-likeness (QED) is 0.521. The second-order valence-electron chi connectivity index (χ2n) is 7.91. The highest BCUT2D eigenvalue weighted by molar-refractivity contribution is 6.31. The Kier molecular flexibility index (Phi) is 9.66. The van der Waals surface area contributed by atoms with Crippen LogP contribution in [0, 0.1) is 12.8 Å². The Hall–Kier alpha value is -2.24. The van der Waals surface area contributed by atoms with Gasteiger partial charge in [0.15, 0.2) is 6.61 Å². The molecule has 168 valence electrons. The van der Waals surface area contributed by atoms with E-state index in [1.165, 1.54) is 0 Å². The first kappa shape index (κ1) is 25.0. The number of benzene rings is 2. The molecule has 0 spiro atoms. The largest absolute Gasteiger partial charge is 0.484 e. The van der Waals surface area contributed by atoms with E-state index >= 15 is 0 Å². The molecule has 2 rings (SSSR count). The van der Waals surface area contributed by atoms with Crippen molar-refractivity contribution >= 4 is 35.0 Å². The third-order valence-electron chi connectivity index (χ3n) is 4.83. The van der Waals surface area contributed by atoms with Crippen LogP contribution in [0.3, 0.4) is 0 Å². The molecule has 0 aliphatic carbocycles. The highest BCUT2D eigenvalue weighted by atomic mass is 35.5. The van der Waals surface area contributed by atoms with Crippen LogP contribution in [0.25, 0.3) is 0 Å². The van der Waals surface area contributed by atoms with Crippen LogP contribution in [0.2, 0.25) is 10.0 Å². The van der Waals surface area contributed by atoms with Gasteiger partial charge in [-0.05, 0) is 60.7 Å². The number of rotatable bonds is 10. The Morgan fingerprint density at radius 1 is 1.10 bits per heavy atom. The lowest BCUT2D eigenvalue weighted by atomic mass is 10.1. The van der Waals surface area contributed by atoms with E-state index in [2.05, 4.69) is 5.32 Å². The molecule has 2 amide bonds. The number of halogens is 2. The molecule has 1 atom stereocenters. The van der Waals surface area contributed by atoms with Crippen LogP contribution in [0.15, 0.2) is 42.5 Å². The molecule has 0 aliphatic rings. The van der Waals surface area contributed by atoms with Gasteiger partial charge in [0.25, 0.3) is 5.91 Å². The molecule has 0 saturated heterocycles. The second kappa shape index (κ2) is 12.0. The van der Waals surface area contributed by atoms with Crippen LogP contribution in [-0.4, -0.2) is 35.9 Å². The average molecular weight is 465 g/mol. The molecule has 2 aromatic rings. The molecule has 2 aromatic carbocycles. The Bertz CT molecular complexity index is 885.